The van der Waals surface area contributed by atoms with Crippen molar-refractivity contribution in [1.82, 2.24) is 0 Å². The molecule has 3 aromatic rings. The number of thiophene rings is 1. The highest BCUT2D eigenvalue weighted by atomic mass is 32.1. The summed E-state index contributed by atoms with van der Waals surface area (Å²) in [5.74, 6) is -2.35. The lowest BCUT2D eigenvalue weighted by atomic mass is 10.2. The predicted molar refractivity (Wildman–Crippen MR) is 93.0 cm³/mol. The summed E-state index contributed by atoms with van der Waals surface area (Å²) in [6, 6.07) is 12.5. The second-order valence-electron chi connectivity index (χ2n) is 5.09. The Kier molecular flexibility index (Phi) is 4.85. The maximum atomic E-state index is 13.6. The molecule has 0 bridgehead atoms. The molecule has 126 valence electrons. The molecule has 2 amide bonds. The number of amides is 2. The normalized spacial score (nSPS) is 10.3. The van der Waals surface area contributed by atoms with Gasteiger partial charge in [0.1, 0.15) is 11.6 Å². The van der Waals surface area contributed by atoms with E-state index in [1.165, 1.54) is 23.5 Å². The van der Waals surface area contributed by atoms with Crippen LogP contribution in [0.25, 0.3) is 0 Å². The van der Waals surface area contributed by atoms with Gasteiger partial charge in [0.2, 0.25) is 0 Å². The van der Waals surface area contributed by atoms with Crippen LogP contribution < -0.4 is 10.6 Å². The van der Waals surface area contributed by atoms with Crippen molar-refractivity contribution in [1.29, 1.82) is 0 Å². The lowest BCUT2D eigenvalue weighted by Crippen LogP contribution is -2.14. The lowest BCUT2D eigenvalue weighted by molar-refractivity contribution is 0.102. The highest BCUT2D eigenvalue weighted by molar-refractivity contribution is 7.12. The molecule has 0 saturated carbocycles. The van der Waals surface area contributed by atoms with Gasteiger partial charge < -0.3 is 10.6 Å². The maximum Gasteiger partial charge on any atom is 0.265 e. The van der Waals surface area contributed by atoms with Crippen molar-refractivity contribution in [3.8, 4) is 0 Å². The lowest BCUT2D eigenvalue weighted by Gasteiger charge is -2.08. The summed E-state index contributed by atoms with van der Waals surface area (Å²) in [7, 11) is 0. The van der Waals surface area contributed by atoms with Crippen LogP contribution >= 0.6 is 11.3 Å². The number of benzene rings is 2. The van der Waals surface area contributed by atoms with E-state index in [0.717, 1.165) is 12.1 Å². The molecule has 1 heterocycles. The molecule has 0 aliphatic carbocycles. The zero-order valence-electron chi connectivity index (χ0n) is 12.8. The summed E-state index contributed by atoms with van der Waals surface area (Å²) in [6.45, 7) is 0. The minimum atomic E-state index is -0.854. The summed E-state index contributed by atoms with van der Waals surface area (Å²) in [6.07, 6.45) is 0. The maximum absolute atomic E-state index is 13.6. The summed E-state index contributed by atoms with van der Waals surface area (Å²) in [5.41, 5.74) is 0.697. The molecule has 0 saturated heterocycles. The van der Waals surface area contributed by atoms with E-state index in [1.807, 2.05) is 0 Å². The monoisotopic (exact) mass is 358 g/mol. The Labute approximate surface area is 146 Å². The molecular weight excluding hydrogens is 346 g/mol. The predicted octanol–water partition coefficient (Wildman–Crippen LogP) is 4.53. The molecule has 0 radical (unpaired) electrons. The van der Waals surface area contributed by atoms with Gasteiger partial charge in [0.15, 0.2) is 0 Å². The zero-order chi connectivity index (χ0) is 17.8. The molecular formula is C18H12F2N2O2S. The van der Waals surface area contributed by atoms with Crippen molar-refractivity contribution < 1.29 is 18.4 Å². The molecule has 7 heteroatoms. The Morgan fingerprint density at radius 2 is 1.64 bits per heavy atom. The summed E-state index contributed by atoms with van der Waals surface area (Å²) in [5, 5.41) is 6.89. The van der Waals surface area contributed by atoms with Gasteiger partial charge >= 0.3 is 0 Å². The number of halogens is 2. The minimum Gasteiger partial charge on any atom is -0.321 e. The third-order valence-corrected chi connectivity index (χ3v) is 4.20. The van der Waals surface area contributed by atoms with Gasteiger partial charge in [-0.15, -0.1) is 11.3 Å². The van der Waals surface area contributed by atoms with Crippen LogP contribution in [0.4, 0.5) is 20.2 Å². The van der Waals surface area contributed by atoms with Crippen LogP contribution in [0.15, 0.2) is 60.0 Å². The molecule has 4 nitrogen and oxygen atoms in total. The van der Waals surface area contributed by atoms with Gasteiger partial charge in [-0.05, 0) is 47.8 Å². The van der Waals surface area contributed by atoms with Gasteiger partial charge in [0.05, 0.1) is 10.6 Å². The second-order valence-corrected chi connectivity index (χ2v) is 6.03. The molecule has 1 aromatic heterocycles. The fourth-order valence-corrected chi connectivity index (χ4v) is 2.71. The van der Waals surface area contributed by atoms with E-state index in [-0.39, 0.29) is 17.2 Å². The Morgan fingerprint density at radius 3 is 2.28 bits per heavy atom. The molecule has 2 N–H and O–H groups in total. The van der Waals surface area contributed by atoms with Crippen LogP contribution in [0.1, 0.15) is 20.0 Å². The van der Waals surface area contributed by atoms with Crippen LogP contribution in [0, 0.1) is 11.6 Å². The van der Waals surface area contributed by atoms with Crippen LogP contribution in [0.2, 0.25) is 0 Å². The Bertz CT molecular complexity index is 909. The Hall–Kier alpha value is -3.06. The number of carbonyl (C=O) groups excluding carboxylic acids is 2. The third kappa shape index (κ3) is 4.07. The van der Waals surface area contributed by atoms with Crippen molar-refractivity contribution >= 4 is 34.5 Å². The van der Waals surface area contributed by atoms with Crippen molar-refractivity contribution in [3.05, 3.63) is 82.1 Å². The van der Waals surface area contributed by atoms with Crippen molar-refractivity contribution in [2.24, 2.45) is 0 Å². The van der Waals surface area contributed by atoms with Crippen LogP contribution in [0.3, 0.4) is 0 Å². The van der Waals surface area contributed by atoms with Crippen LogP contribution in [0.5, 0.6) is 0 Å². The smallest absolute Gasteiger partial charge is 0.265 e. The largest absolute Gasteiger partial charge is 0.321 e. The first-order valence-corrected chi connectivity index (χ1v) is 8.12. The van der Waals surface area contributed by atoms with Gasteiger partial charge in [-0.2, -0.15) is 0 Å². The van der Waals surface area contributed by atoms with Gasteiger partial charge in [0, 0.05) is 17.3 Å². The zero-order valence-corrected chi connectivity index (χ0v) is 13.6. The first-order chi connectivity index (χ1) is 12.0. The summed E-state index contributed by atoms with van der Waals surface area (Å²) < 4.78 is 26.4. The number of carbonyl (C=O) groups is 2. The van der Waals surface area contributed by atoms with Crippen LogP contribution in [-0.2, 0) is 0 Å². The Balaban J connectivity index is 1.67. The first kappa shape index (κ1) is 16.8. The second kappa shape index (κ2) is 7.23. The SMILES string of the molecule is O=C(Nc1ccc(F)cc1F)c1ccc(NC(=O)c2cccs2)cc1. The van der Waals surface area contributed by atoms with E-state index < -0.39 is 17.5 Å². The number of rotatable bonds is 4. The number of hydrogen-bond donors (Lipinski definition) is 2. The van der Waals surface area contributed by atoms with E-state index in [0.29, 0.717) is 16.6 Å². The molecule has 0 aliphatic heterocycles. The summed E-state index contributed by atoms with van der Waals surface area (Å²) in [4.78, 5) is 24.6. The molecule has 3 rings (SSSR count). The third-order valence-electron chi connectivity index (χ3n) is 3.33. The average molecular weight is 358 g/mol. The standard InChI is InChI=1S/C18H12F2N2O2S/c19-12-5-8-15(14(20)10-12)22-17(23)11-3-6-13(7-4-11)21-18(24)16-2-1-9-25-16/h1-10H,(H,21,24)(H,22,23). The highest BCUT2D eigenvalue weighted by Gasteiger charge is 2.11. The van der Waals surface area contributed by atoms with Gasteiger partial charge in [-0.25, -0.2) is 8.78 Å². The molecule has 0 unspecified atom stereocenters. The molecule has 2 aromatic carbocycles. The average Bonchev–Trinajstić information content (AvgIpc) is 3.13. The van der Waals surface area contributed by atoms with Crippen molar-refractivity contribution in [2.75, 3.05) is 10.6 Å². The van der Waals surface area contributed by atoms with Gasteiger partial charge in [-0.3, -0.25) is 9.59 Å². The molecule has 0 atom stereocenters. The molecule has 0 fully saturated rings. The fraction of sp³-hybridized carbons (Fsp3) is 0. The van der Waals surface area contributed by atoms with Gasteiger partial charge in [0.25, 0.3) is 11.8 Å². The number of anilines is 2. The number of hydrogen-bond acceptors (Lipinski definition) is 3. The van der Waals surface area contributed by atoms with E-state index in [9.17, 15) is 18.4 Å². The van der Waals surface area contributed by atoms with Crippen molar-refractivity contribution in [2.45, 2.75) is 0 Å². The molecule has 0 aliphatic rings. The van der Waals surface area contributed by atoms with E-state index in [1.54, 1.807) is 29.6 Å². The number of nitrogens with one attached hydrogen (secondary N) is 2. The topological polar surface area (TPSA) is 58.2 Å². The highest BCUT2D eigenvalue weighted by Crippen LogP contribution is 2.18. The quantitative estimate of drug-likeness (QED) is 0.720. The molecule has 25 heavy (non-hydrogen) atoms. The van der Waals surface area contributed by atoms with E-state index in [4.69, 9.17) is 0 Å². The van der Waals surface area contributed by atoms with Gasteiger partial charge in [-0.1, -0.05) is 6.07 Å². The van der Waals surface area contributed by atoms with E-state index in [2.05, 4.69) is 10.6 Å². The minimum absolute atomic E-state index is 0.110. The van der Waals surface area contributed by atoms with E-state index >= 15 is 0 Å². The Morgan fingerprint density at radius 1 is 0.880 bits per heavy atom. The van der Waals surface area contributed by atoms with Crippen LogP contribution in [-0.4, -0.2) is 11.8 Å². The fourth-order valence-electron chi connectivity index (χ4n) is 2.09. The summed E-state index contributed by atoms with van der Waals surface area (Å²) >= 11 is 1.32. The molecule has 0 spiro atoms. The van der Waals surface area contributed by atoms with Crippen molar-refractivity contribution in [3.63, 3.8) is 0 Å². The first-order valence-electron chi connectivity index (χ1n) is 7.24.